The van der Waals surface area contributed by atoms with Crippen molar-refractivity contribution in [1.29, 1.82) is 0 Å². The Morgan fingerprint density at radius 1 is 1.09 bits per heavy atom. The number of halogens is 2. The summed E-state index contributed by atoms with van der Waals surface area (Å²) in [6, 6.07) is 19.1. The van der Waals surface area contributed by atoms with Crippen LogP contribution in [-0.4, -0.2) is 27.4 Å². The Kier molecular flexibility index (Phi) is 5.83. The standard InChI is InChI=1S/C25H19ClFN3O2S/c26-21-8-7-18(15-20(21)24-19-5-2-1-4-16(19)10-11-28-24)29-25(31)17-6-9-23(22(27)14-17)30-12-3-13-33(30)32/h1-2,4-11,14-15H,3,12-13H2,(H,29,31). The number of carbonyl (C=O) groups is 1. The monoisotopic (exact) mass is 479 g/mol. The molecule has 1 unspecified atom stereocenters. The van der Waals surface area contributed by atoms with Gasteiger partial charge in [-0.25, -0.2) is 8.60 Å². The molecule has 1 atom stereocenters. The summed E-state index contributed by atoms with van der Waals surface area (Å²) in [5.41, 5.74) is 2.32. The molecule has 33 heavy (non-hydrogen) atoms. The predicted molar refractivity (Wildman–Crippen MR) is 132 cm³/mol. The second-order valence-corrected chi connectivity index (χ2v) is 9.58. The van der Waals surface area contributed by atoms with E-state index in [2.05, 4.69) is 10.3 Å². The maximum atomic E-state index is 14.7. The van der Waals surface area contributed by atoms with Gasteiger partial charge in [0.2, 0.25) is 0 Å². The summed E-state index contributed by atoms with van der Waals surface area (Å²) >= 11 is 6.47. The van der Waals surface area contributed by atoms with E-state index in [9.17, 15) is 13.4 Å². The summed E-state index contributed by atoms with van der Waals surface area (Å²) < 4.78 is 28.2. The second-order valence-electron chi connectivity index (χ2n) is 7.68. The smallest absolute Gasteiger partial charge is 0.255 e. The molecule has 1 fully saturated rings. The van der Waals surface area contributed by atoms with Gasteiger partial charge >= 0.3 is 0 Å². The Balaban J connectivity index is 1.43. The summed E-state index contributed by atoms with van der Waals surface area (Å²) in [5.74, 6) is -0.511. The molecule has 0 radical (unpaired) electrons. The minimum atomic E-state index is -1.23. The number of benzene rings is 3. The van der Waals surface area contributed by atoms with Crippen LogP contribution in [0.15, 0.2) is 72.9 Å². The van der Waals surface area contributed by atoms with Crippen molar-refractivity contribution in [3.63, 3.8) is 0 Å². The van der Waals surface area contributed by atoms with Crippen LogP contribution in [-0.2, 0) is 11.0 Å². The van der Waals surface area contributed by atoms with Gasteiger partial charge in [-0.05, 0) is 54.3 Å². The van der Waals surface area contributed by atoms with E-state index in [0.29, 0.717) is 34.3 Å². The summed E-state index contributed by atoms with van der Waals surface area (Å²) in [6.45, 7) is 0.533. The molecule has 8 heteroatoms. The fourth-order valence-corrected chi connectivity index (χ4v) is 5.45. The molecule has 0 aliphatic carbocycles. The number of rotatable bonds is 4. The summed E-state index contributed by atoms with van der Waals surface area (Å²) in [4.78, 5) is 17.3. The van der Waals surface area contributed by atoms with Gasteiger partial charge in [-0.1, -0.05) is 35.9 Å². The average molecular weight is 480 g/mol. The molecule has 0 spiro atoms. The Morgan fingerprint density at radius 3 is 2.73 bits per heavy atom. The van der Waals surface area contributed by atoms with E-state index in [4.69, 9.17) is 11.6 Å². The van der Waals surface area contributed by atoms with Crippen molar-refractivity contribution in [3.8, 4) is 11.3 Å². The third-order valence-corrected chi connectivity index (χ3v) is 7.40. The molecule has 166 valence electrons. The van der Waals surface area contributed by atoms with Crippen LogP contribution < -0.4 is 9.62 Å². The van der Waals surface area contributed by atoms with Crippen LogP contribution in [0.4, 0.5) is 15.8 Å². The average Bonchev–Trinajstić information content (AvgIpc) is 3.25. The highest BCUT2D eigenvalue weighted by Gasteiger charge is 2.24. The number of pyridine rings is 1. The molecule has 3 aromatic carbocycles. The van der Waals surface area contributed by atoms with E-state index < -0.39 is 22.7 Å². The van der Waals surface area contributed by atoms with Crippen LogP contribution >= 0.6 is 11.6 Å². The number of carbonyl (C=O) groups excluding carboxylic acids is 1. The van der Waals surface area contributed by atoms with Crippen molar-refractivity contribution in [2.45, 2.75) is 6.42 Å². The van der Waals surface area contributed by atoms with Crippen LogP contribution in [0.5, 0.6) is 0 Å². The molecule has 1 aliphatic heterocycles. The number of hydrogen-bond donors (Lipinski definition) is 1. The van der Waals surface area contributed by atoms with Crippen LogP contribution in [0.2, 0.25) is 5.02 Å². The van der Waals surface area contributed by atoms with Crippen molar-refractivity contribution in [2.75, 3.05) is 21.9 Å². The highest BCUT2D eigenvalue weighted by molar-refractivity contribution is 7.86. The van der Waals surface area contributed by atoms with Crippen molar-refractivity contribution in [3.05, 3.63) is 89.3 Å². The fourth-order valence-electron chi connectivity index (χ4n) is 3.95. The van der Waals surface area contributed by atoms with Gasteiger partial charge in [0.25, 0.3) is 5.91 Å². The zero-order valence-electron chi connectivity index (χ0n) is 17.4. The molecule has 0 bridgehead atoms. The van der Waals surface area contributed by atoms with Crippen molar-refractivity contribution >= 4 is 50.6 Å². The number of amides is 1. The third kappa shape index (κ3) is 4.21. The molecule has 1 saturated heterocycles. The number of nitrogens with zero attached hydrogens (tertiary/aromatic N) is 2. The van der Waals surface area contributed by atoms with Gasteiger partial charge in [-0.15, -0.1) is 0 Å². The third-order valence-electron chi connectivity index (χ3n) is 5.56. The molecule has 1 aromatic heterocycles. The lowest BCUT2D eigenvalue weighted by Crippen LogP contribution is -2.21. The first kappa shape index (κ1) is 21.6. The molecule has 4 aromatic rings. The minimum absolute atomic E-state index is 0.168. The van der Waals surface area contributed by atoms with Crippen LogP contribution in [0, 0.1) is 5.82 Å². The number of aromatic nitrogens is 1. The van der Waals surface area contributed by atoms with Crippen LogP contribution in [0.3, 0.4) is 0 Å². The first-order valence-corrected chi connectivity index (χ1v) is 12.1. The topological polar surface area (TPSA) is 62.3 Å². The maximum Gasteiger partial charge on any atom is 0.255 e. The van der Waals surface area contributed by atoms with Gasteiger partial charge in [0.1, 0.15) is 16.8 Å². The molecule has 1 amide bonds. The normalized spacial score (nSPS) is 15.7. The summed E-state index contributed by atoms with van der Waals surface area (Å²) in [7, 11) is -1.23. The molecule has 5 rings (SSSR count). The van der Waals surface area contributed by atoms with E-state index in [0.717, 1.165) is 17.2 Å². The quantitative estimate of drug-likeness (QED) is 0.401. The first-order chi connectivity index (χ1) is 16.0. The Bertz CT molecular complexity index is 1410. The van der Waals surface area contributed by atoms with Gasteiger partial charge < -0.3 is 5.32 Å². The van der Waals surface area contributed by atoms with Crippen molar-refractivity contribution in [1.82, 2.24) is 4.98 Å². The minimum Gasteiger partial charge on any atom is -0.322 e. The summed E-state index contributed by atoms with van der Waals surface area (Å²) in [5, 5.41) is 5.29. The molecule has 5 nitrogen and oxygen atoms in total. The van der Waals surface area contributed by atoms with Gasteiger partial charge in [0.15, 0.2) is 0 Å². The lowest BCUT2D eigenvalue weighted by atomic mass is 10.0. The Hall–Kier alpha value is -3.29. The van der Waals surface area contributed by atoms with E-state index in [1.807, 2.05) is 30.3 Å². The van der Waals surface area contributed by atoms with Gasteiger partial charge in [0, 0.05) is 40.7 Å². The molecular weight excluding hydrogens is 461 g/mol. The first-order valence-electron chi connectivity index (χ1n) is 10.4. The number of nitrogens with one attached hydrogen (secondary N) is 1. The lowest BCUT2D eigenvalue weighted by molar-refractivity contribution is 0.102. The van der Waals surface area contributed by atoms with E-state index >= 15 is 0 Å². The number of anilines is 2. The van der Waals surface area contributed by atoms with E-state index in [-0.39, 0.29) is 11.3 Å². The van der Waals surface area contributed by atoms with Crippen molar-refractivity contribution < 1.29 is 13.4 Å². The zero-order chi connectivity index (χ0) is 22.9. The predicted octanol–water partition coefficient (Wildman–Crippen LogP) is 5.82. The largest absolute Gasteiger partial charge is 0.322 e. The highest BCUT2D eigenvalue weighted by atomic mass is 35.5. The summed E-state index contributed by atoms with van der Waals surface area (Å²) in [6.07, 6.45) is 2.47. The Labute approximate surface area is 197 Å². The lowest BCUT2D eigenvalue weighted by Gasteiger charge is -2.17. The van der Waals surface area contributed by atoms with E-state index in [1.165, 1.54) is 22.5 Å². The van der Waals surface area contributed by atoms with Crippen LogP contribution in [0.1, 0.15) is 16.8 Å². The zero-order valence-corrected chi connectivity index (χ0v) is 19.0. The molecule has 1 N–H and O–H groups in total. The van der Waals surface area contributed by atoms with Crippen molar-refractivity contribution in [2.24, 2.45) is 0 Å². The van der Waals surface area contributed by atoms with Gasteiger partial charge in [-0.3, -0.25) is 14.1 Å². The SMILES string of the molecule is O=C(Nc1ccc(Cl)c(-c2nccc3ccccc23)c1)c1ccc(N2CCCS2=O)c(F)c1. The molecule has 2 heterocycles. The molecule has 0 saturated carbocycles. The second kappa shape index (κ2) is 8.92. The number of hydrogen-bond acceptors (Lipinski definition) is 3. The Morgan fingerprint density at radius 2 is 1.94 bits per heavy atom. The van der Waals surface area contributed by atoms with Crippen LogP contribution in [0.25, 0.3) is 22.0 Å². The molecular formula is C25H19ClFN3O2S. The van der Waals surface area contributed by atoms with Gasteiger partial charge in [-0.2, -0.15) is 0 Å². The maximum absolute atomic E-state index is 14.7. The molecule has 1 aliphatic rings. The highest BCUT2D eigenvalue weighted by Crippen LogP contribution is 2.34. The van der Waals surface area contributed by atoms with Gasteiger partial charge in [0.05, 0.1) is 16.4 Å². The van der Waals surface area contributed by atoms with E-state index in [1.54, 1.807) is 24.4 Å². The fraction of sp³-hybridized carbons (Fsp3) is 0.120. The number of fused-ring (bicyclic) bond motifs is 1.